The highest BCUT2D eigenvalue weighted by molar-refractivity contribution is 5.71. The van der Waals surface area contributed by atoms with Gasteiger partial charge in [-0.05, 0) is 38.8 Å². The number of carboxylic acid groups (broad SMARTS) is 1. The Morgan fingerprint density at radius 2 is 2.13 bits per heavy atom. The van der Waals surface area contributed by atoms with E-state index >= 15 is 0 Å². The largest absolute Gasteiger partial charge is 0.481 e. The summed E-state index contributed by atoms with van der Waals surface area (Å²) in [7, 11) is 0. The number of anilines is 1. The van der Waals surface area contributed by atoms with Gasteiger partial charge in [0.25, 0.3) is 0 Å². The van der Waals surface area contributed by atoms with E-state index in [1.54, 1.807) is 6.20 Å². The molecule has 120 valence electrons. The molecule has 3 heterocycles. The number of carbonyl (C=O) groups is 1. The van der Waals surface area contributed by atoms with Crippen LogP contribution in [0.25, 0.3) is 11.5 Å². The molecule has 3 rings (SSSR count). The van der Waals surface area contributed by atoms with Crippen LogP contribution in [0, 0.1) is 19.8 Å². The summed E-state index contributed by atoms with van der Waals surface area (Å²) >= 11 is 0. The van der Waals surface area contributed by atoms with Crippen molar-refractivity contribution in [1.82, 2.24) is 15.0 Å². The fourth-order valence-electron chi connectivity index (χ4n) is 2.90. The minimum atomic E-state index is -0.733. The van der Waals surface area contributed by atoms with E-state index in [0.29, 0.717) is 12.4 Å². The Kier molecular flexibility index (Phi) is 4.23. The zero-order valence-corrected chi connectivity index (χ0v) is 13.4. The van der Waals surface area contributed by atoms with E-state index < -0.39 is 5.97 Å². The van der Waals surface area contributed by atoms with Crippen LogP contribution < -0.4 is 4.90 Å². The van der Waals surface area contributed by atoms with Crippen molar-refractivity contribution in [3.8, 4) is 11.5 Å². The molecule has 23 heavy (non-hydrogen) atoms. The lowest BCUT2D eigenvalue weighted by Crippen LogP contribution is -2.39. The number of piperidine rings is 1. The minimum Gasteiger partial charge on any atom is -0.481 e. The maximum Gasteiger partial charge on any atom is 0.308 e. The van der Waals surface area contributed by atoms with Gasteiger partial charge in [0.05, 0.1) is 5.92 Å². The quantitative estimate of drug-likeness (QED) is 0.938. The maximum absolute atomic E-state index is 11.3. The van der Waals surface area contributed by atoms with E-state index in [-0.39, 0.29) is 5.92 Å². The van der Waals surface area contributed by atoms with E-state index in [9.17, 15) is 9.90 Å². The maximum atomic E-state index is 11.3. The summed E-state index contributed by atoms with van der Waals surface area (Å²) in [5.74, 6) is 0.338. The van der Waals surface area contributed by atoms with Crippen LogP contribution in [-0.4, -0.2) is 39.1 Å². The molecule has 1 fully saturated rings. The number of nitrogens with zero attached hydrogens (tertiary/aromatic N) is 4. The van der Waals surface area contributed by atoms with Crippen LogP contribution in [0.4, 0.5) is 5.82 Å². The van der Waals surface area contributed by atoms with E-state index in [1.165, 1.54) is 0 Å². The Hall–Kier alpha value is -2.50. The number of aryl methyl sites for hydroxylation is 1. The van der Waals surface area contributed by atoms with Crippen molar-refractivity contribution in [1.29, 1.82) is 0 Å². The molecule has 6 nitrogen and oxygen atoms in total. The fraction of sp³-hybridized carbons (Fsp3) is 0.412. The second-order valence-electron chi connectivity index (χ2n) is 5.92. The normalized spacial score (nSPS) is 18.0. The first-order valence-corrected chi connectivity index (χ1v) is 7.80. The van der Waals surface area contributed by atoms with Gasteiger partial charge in [0.2, 0.25) is 0 Å². The van der Waals surface area contributed by atoms with Gasteiger partial charge in [0.1, 0.15) is 11.5 Å². The number of carboxylic acids is 1. The fourth-order valence-corrected chi connectivity index (χ4v) is 2.90. The Morgan fingerprint density at radius 3 is 2.83 bits per heavy atom. The Morgan fingerprint density at radius 1 is 1.30 bits per heavy atom. The van der Waals surface area contributed by atoms with Gasteiger partial charge in [0, 0.05) is 30.5 Å². The minimum absolute atomic E-state index is 0.336. The first kappa shape index (κ1) is 15.4. The molecule has 0 spiro atoms. The van der Waals surface area contributed by atoms with Crippen LogP contribution in [0.5, 0.6) is 0 Å². The number of aliphatic carboxylic acids is 1. The summed E-state index contributed by atoms with van der Waals surface area (Å²) in [4.78, 5) is 26.9. The molecule has 1 N–H and O–H groups in total. The third kappa shape index (κ3) is 3.16. The van der Waals surface area contributed by atoms with E-state index in [0.717, 1.165) is 42.2 Å². The third-order valence-electron chi connectivity index (χ3n) is 4.33. The molecule has 2 aromatic rings. The average molecular weight is 312 g/mol. The summed E-state index contributed by atoms with van der Waals surface area (Å²) in [5.41, 5.74) is 2.62. The van der Waals surface area contributed by atoms with Crippen molar-refractivity contribution in [2.45, 2.75) is 26.7 Å². The van der Waals surface area contributed by atoms with E-state index in [1.807, 2.05) is 32.0 Å². The molecule has 1 saturated heterocycles. The van der Waals surface area contributed by atoms with Crippen molar-refractivity contribution >= 4 is 11.8 Å². The van der Waals surface area contributed by atoms with Crippen LogP contribution >= 0.6 is 0 Å². The summed E-state index contributed by atoms with van der Waals surface area (Å²) in [6.07, 6.45) is 3.30. The monoisotopic (exact) mass is 312 g/mol. The van der Waals surface area contributed by atoms with Gasteiger partial charge in [-0.1, -0.05) is 6.07 Å². The number of rotatable bonds is 3. The van der Waals surface area contributed by atoms with Gasteiger partial charge in [-0.2, -0.15) is 0 Å². The molecule has 6 heteroatoms. The number of hydrogen-bond acceptors (Lipinski definition) is 5. The second-order valence-corrected chi connectivity index (χ2v) is 5.92. The predicted molar refractivity (Wildman–Crippen MR) is 87.3 cm³/mol. The smallest absolute Gasteiger partial charge is 0.308 e. The molecule has 0 aromatic carbocycles. The summed E-state index contributed by atoms with van der Waals surface area (Å²) in [5, 5.41) is 9.29. The molecule has 1 aliphatic heterocycles. The van der Waals surface area contributed by atoms with Gasteiger partial charge < -0.3 is 10.0 Å². The van der Waals surface area contributed by atoms with Crippen LogP contribution in [0.2, 0.25) is 0 Å². The first-order valence-electron chi connectivity index (χ1n) is 7.80. The van der Waals surface area contributed by atoms with Gasteiger partial charge in [-0.3, -0.25) is 9.78 Å². The lowest BCUT2D eigenvalue weighted by atomic mass is 9.98. The zero-order valence-electron chi connectivity index (χ0n) is 13.4. The molecule has 1 aliphatic rings. The standard InChI is InChI=1S/C17H20N4O2/c1-11-12(2)19-15(14-7-3-4-8-18-14)20-16(11)21-9-5-6-13(10-21)17(22)23/h3-4,7-8,13H,5-6,9-10H2,1-2H3,(H,22,23). The number of pyridine rings is 1. The van der Waals surface area contributed by atoms with Crippen LogP contribution in [-0.2, 0) is 4.79 Å². The summed E-state index contributed by atoms with van der Waals surface area (Å²) in [6, 6.07) is 5.64. The highest BCUT2D eigenvalue weighted by Gasteiger charge is 2.27. The molecule has 1 unspecified atom stereocenters. The SMILES string of the molecule is Cc1nc(-c2ccccn2)nc(N2CCCC(C(=O)O)C2)c1C. The number of aromatic nitrogens is 3. The van der Waals surface area contributed by atoms with E-state index in [4.69, 9.17) is 0 Å². The van der Waals surface area contributed by atoms with Crippen molar-refractivity contribution in [2.24, 2.45) is 5.92 Å². The second kappa shape index (κ2) is 6.32. The lowest BCUT2D eigenvalue weighted by Gasteiger charge is -2.33. The predicted octanol–water partition coefficient (Wildman–Crippen LogP) is 2.46. The molecule has 0 aliphatic carbocycles. The van der Waals surface area contributed by atoms with Gasteiger partial charge >= 0.3 is 5.97 Å². The van der Waals surface area contributed by atoms with Crippen molar-refractivity contribution in [2.75, 3.05) is 18.0 Å². The average Bonchev–Trinajstić information content (AvgIpc) is 2.58. The highest BCUT2D eigenvalue weighted by atomic mass is 16.4. The first-order chi connectivity index (χ1) is 11.1. The summed E-state index contributed by atoms with van der Waals surface area (Å²) < 4.78 is 0. The molecule has 0 bridgehead atoms. The van der Waals surface area contributed by atoms with Crippen LogP contribution in [0.3, 0.4) is 0 Å². The Bertz CT molecular complexity index is 718. The Labute approximate surface area is 135 Å². The van der Waals surface area contributed by atoms with Gasteiger partial charge in [-0.15, -0.1) is 0 Å². The molecule has 1 atom stereocenters. The zero-order chi connectivity index (χ0) is 16.4. The van der Waals surface area contributed by atoms with E-state index in [2.05, 4.69) is 19.9 Å². The van der Waals surface area contributed by atoms with Crippen LogP contribution in [0.1, 0.15) is 24.1 Å². The van der Waals surface area contributed by atoms with Crippen molar-refractivity contribution in [3.63, 3.8) is 0 Å². The number of hydrogen-bond donors (Lipinski definition) is 1. The Balaban J connectivity index is 1.98. The lowest BCUT2D eigenvalue weighted by molar-refractivity contribution is -0.141. The summed E-state index contributed by atoms with van der Waals surface area (Å²) in [6.45, 7) is 5.25. The van der Waals surface area contributed by atoms with Crippen LogP contribution in [0.15, 0.2) is 24.4 Å². The molecular formula is C17H20N4O2. The van der Waals surface area contributed by atoms with Crippen molar-refractivity contribution < 1.29 is 9.90 Å². The van der Waals surface area contributed by atoms with Gasteiger partial charge in [0.15, 0.2) is 5.82 Å². The highest BCUT2D eigenvalue weighted by Crippen LogP contribution is 2.27. The molecular weight excluding hydrogens is 292 g/mol. The van der Waals surface area contributed by atoms with Crippen molar-refractivity contribution in [3.05, 3.63) is 35.7 Å². The molecule has 0 radical (unpaired) electrons. The van der Waals surface area contributed by atoms with Gasteiger partial charge in [-0.25, -0.2) is 9.97 Å². The topological polar surface area (TPSA) is 79.2 Å². The molecule has 0 saturated carbocycles. The third-order valence-corrected chi connectivity index (χ3v) is 4.33. The molecule has 0 amide bonds. The molecule has 2 aromatic heterocycles.